The highest BCUT2D eigenvalue weighted by Gasteiger charge is 2.35. The van der Waals surface area contributed by atoms with Crippen molar-refractivity contribution >= 4 is 5.97 Å². The van der Waals surface area contributed by atoms with E-state index in [4.69, 9.17) is 4.74 Å². The molecule has 3 aromatic carbocycles. The van der Waals surface area contributed by atoms with E-state index in [2.05, 4.69) is 12.1 Å². The Morgan fingerprint density at radius 3 is 2.48 bits per heavy atom. The van der Waals surface area contributed by atoms with Gasteiger partial charge in [0, 0.05) is 0 Å². The van der Waals surface area contributed by atoms with Gasteiger partial charge >= 0.3 is 5.97 Å². The molecule has 1 atom stereocenters. The zero-order valence-electron chi connectivity index (χ0n) is 15.0. The minimum Gasteiger partial charge on any atom is -0.497 e. The van der Waals surface area contributed by atoms with Gasteiger partial charge in [0.25, 0.3) is 0 Å². The van der Waals surface area contributed by atoms with E-state index in [1.807, 2.05) is 30.3 Å². The van der Waals surface area contributed by atoms with E-state index < -0.39 is 18.0 Å². The van der Waals surface area contributed by atoms with Crippen molar-refractivity contribution in [2.45, 2.75) is 18.4 Å². The molecule has 0 heterocycles. The molecular formula is C23H20O4. The van der Waals surface area contributed by atoms with Crippen LogP contribution in [0, 0.1) is 0 Å². The first kappa shape index (κ1) is 17.3. The average Bonchev–Trinajstić information content (AvgIpc) is 3.05. The normalized spacial score (nSPS) is 14.1. The summed E-state index contributed by atoms with van der Waals surface area (Å²) in [5, 5.41) is 20.9. The Balaban J connectivity index is 1.82. The molecule has 0 saturated heterocycles. The molecule has 2 N–H and O–H groups in total. The third kappa shape index (κ3) is 2.98. The molecule has 0 fully saturated rings. The standard InChI is InChI=1S/C23H20O4/c1-27-19-7-4-6-17(13-19)23(26,14-22(24)25)18-9-10-21-16(12-18)11-15-5-2-3-8-20(15)21/h2-10,12-13,26H,11,14H2,1H3,(H,24,25)/t23-/m0/s1. The van der Waals surface area contributed by atoms with E-state index >= 15 is 0 Å². The predicted octanol–water partition coefficient (Wildman–Crippen LogP) is 3.98. The van der Waals surface area contributed by atoms with Gasteiger partial charge in [-0.1, -0.05) is 54.6 Å². The number of carbonyl (C=O) groups is 1. The van der Waals surface area contributed by atoms with E-state index in [1.165, 1.54) is 11.1 Å². The molecule has 0 unspecified atom stereocenters. The van der Waals surface area contributed by atoms with Crippen LogP contribution in [0.15, 0.2) is 66.7 Å². The van der Waals surface area contributed by atoms with Crippen LogP contribution in [0.5, 0.6) is 5.75 Å². The van der Waals surface area contributed by atoms with Gasteiger partial charge in [-0.3, -0.25) is 4.79 Å². The molecule has 136 valence electrons. The molecule has 3 aromatic rings. The maximum atomic E-state index is 11.5. The molecule has 0 aliphatic heterocycles. The summed E-state index contributed by atoms with van der Waals surface area (Å²) in [4.78, 5) is 11.5. The minimum absolute atomic E-state index is 0.425. The van der Waals surface area contributed by atoms with Crippen molar-refractivity contribution in [1.82, 2.24) is 0 Å². The van der Waals surface area contributed by atoms with Crippen molar-refractivity contribution in [3.05, 3.63) is 89.0 Å². The fourth-order valence-corrected chi connectivity index (χ4v) is 3.87. The molecule has 0 spiro atoms. The molecule has 4 nitrogen and oxygen atoms in total. The van der Waals surface area contributed by atoms with Crippen molar-refractivity contribution in [3.8, 4) is 16.9 Å². The number of carboxylic acids is 1. The van der Waals surface area contributed by atoms with Crippen LogP contribution in [-0.2, 0) is 16.8 Å². The van der Waals surface area contributed by atoms with Crippen LogP contribution in [-0.4, -0.2) is 23.3 Å². The third-order valence-corrected chi connectivity index (χ3v) is 5.23. The second-order valence-electron chi connectivity index (χ2n) is 6.87. The van der Waals surface area contributed by atoms with Crippen molar-refractivity contribution < 1.29 is 19.7 Å². The molecule has 0 aromatic heterocycles. The maximum absolute atomic E-state index is 11.5. The van der Waals surface area contributed by atoms with E-state index in [-0.39, 0.29) is 0 Å². The molecule has 0 bridgehead atoms. The van der Waals surface area contributed by atoms with Gasteiger partial charge in [0.05, 0.1) is 13.5 Å². The number of aliphatic carboxylic acids is 1. The summed E-state index contributed by atoms with van der Waals surface area (Å²) in [6.45, 7) is 0. The summed E-state index contributed by atoms with van der Waals surface area (Å²) in [5.74, 6) is -0.492. The second-order valence-corrected chi connectivity index (χ2v) is 6.87. The van der Waals surface area contributed by atoms with Gasteiger partial charge in [-0.15, -0.1) is 0 Å². The SMILES string of the molecule is COc1cccc([C@@](O)(CC(=O)O)c2ccc3c(c2)Cc2ccccc2-3)c1. The van der Waals surface area contributed by atoms with Gasteiger partial charge < -0.3 is 14.9 Å². The Kier molecular flexibility index (Phi) is 4.21. The van der Waals surface area contributed by atoms with Gasteiger partial charge in [-0.05, 0) is 51.9 Å². The molecular weight excluding hydrogens is 340 g/mol. The van der Waals surface area contributed by atoms with Crippen LogP contribution in [0.25, 0.3) is 11.1 Å². The van der Waals surface area contributed by atoms with Crippen LogP contribution in [0.1, 0.15) is 28.7 Å². The molecule has 4 rings (SSSR count). The summed E-state index contributed by atoms with van der Waals surface area (Å²) >= 11 is 0. The number of methoxy groups -OCH3 is 1. The molecule has 27 heavy (non-hydrogen) atoms. The molecule has 1 aliphatic rings. The molecule has 0 saturated carbocycles. The predicted molar refractivity (Wildman–Crippen MR) is 103 cm³/mol. The van der Waals surface area contributed by atoms with Gasteiger partial charge in [-0.25, -0.2) is 0 Å². The highest BCUT2D eigenvalue weighted by atomic mass is 16.5. The molecule has 0 radical (unpaired) electrons. The number of rotatable bonds is 5. The van der Waals surface area contributed by atoms with Crippen LogP contribution in [0.4, 0.5) is 0 Å². The quantitative estimate of drug-likeness (QED) is 0.565. The molecule has 1 aliphatic carbocycles. The zero-order valence-corrected chi connectivity index (χ0v) is 15.0. The topological polar surface area (TPSA) is 66.8 Å². The van der Waals surface area contributed by atoms with Gasteiger partial charge in [0.15, 0.2) is 0 Å². The van der Waals surface area contributed by atoms with Crippen molar-refractivity contribution in [3.63, 3.8) is 0 Å². The molecule has 0 amide bonds. The molecule has 4 heteroatoms. The Hall–Kier alpha value is -3.11. The monoisotopic (exact) mass is 360 g/mol. The minimum atomic E-state index is -1.63. The maximum Gasteiger partial charge on any atom is 0.306 e. The first-order chi connectivity index (χ1) is 13.0. The average molecular weight is 360 g/mol. The number of aliphatic hydroxyl groups is 1. The number of hydrogen-bond donors (Lipinski definition) is 2. The van der Waals surface area contributed by atoms with Crippen LogP contribution >= 0.6 is 0 Å². The van der Waals surface area contributed by atoms with Gasteiger partial charge in [-0.2, -0.15) is 0 Å². The van der Waals surface area contributed by atoms with E-state index in [0.717, 1.165) is 17.5 Å². The van der Waals surface area contributed by atoms with Crippen molar-refractivity contribution in [1.29, 1.82) is 0 Å². The number of ether oxygens (including phenoxy) is 1. The van der Waals surface area contributed by atoms with Crippen molar-refractivity contribution in [2.75, 3.05) is 7.11 Å². The van der Waals surface area contributed by atoms with Crippen LogP contribution in [0.3, 0.4) is 0 Å². The number of fused-ring (bicyclic) bond motifs is 3. The first-order valence-electron chi connectivity index (χ1n) is 8.81. The van der Waals surface area contributed by atoms with E-state index in [1.54, 1.807) is 31.4 Å². The fourth-order valence-electron chi connectivity index (χ4n) is 3.87. The largest absolute Gasteiger partial charge is 0.497 e. The number of benzene rings is 3. The summed E-state index contributed by atoms with van der Waals surface area (Å²) in [6, 6.07) is 20.9. The third-order valence-electron chi connectivity index (χ3n) is 5.23. The Morgan fingerprint density at radius 1 is 0.963 bits per heavy atom. The highest BCUT2D eigenvalue weighted by molar-refractivity contribution is 5.77. The first-order valence-corrected chi connectivity index (χ1v) is 8.81. The smallest absolute Gasteiger partial charge is 0.306 e. The summed E-state index contributed by atoms with van der Waals surface area (Å²) in [5.41, 5.74) is 4.11. The highest BCUT2D eigenvalue weighted by Crippen LogP contribution is 2.41. The number of carboxylic acid groups (broad SMARTS) is 1. The Labute approximate surface area is 157 Å². The lowest BCUT2D eigenvalue weighted by Crippen LogP contribution is -2.30. The zero-order chi connectivity index (χ0) is 19.0. The number of hydrogen-bond acceptors (Lipinski definition) is 3. The lowest BCUT2D eigenvalue weighted by molar-refractivity contribution is -0.141. The van der Waals surface area contributed by atoms with E-state index in [9.17, 15) is 15.0 Å². The fraction of sp³-hybridized carbons (Fsp3) is 0.174. The Bertz CT molecular complexity index is 1020. The van der Waals surface area contributed by atoms with Crippen LogP contribution in [0.2, 0.25) is 0 Å². The summed E-state index contributed by atoms with van der Waals surface area (Å²) in [6.07, 6.45) is 0.354. The summed E-state index contributed by atoms with van der Waals surface area (Å²) < 4.78 is 5.25. The van der Waals surface area contributed by atoms with Gasteiger partial charge in [0.1, 0.15) is 11.4 Å². The summed E-state index contributed by atoms with van der Waals surface area (Å²) in [7, 11) is 1.54. The van der Waals surface area contributed by atoms with E-state index in [0.29, 0.717) is 16.9 Å². The van der Waals surface area contributed by atoms with Gasteiger partial charge in [0.2, 0.25) is 0 Å². The Morgan fingerprint density at radius 2 is 1.70 bits per heavy atom. The lowest BCUT2D eigenvalue weighted by atomic mass is 9.82. The van der Waals surface area contributed by atoms with Crippen LogP contribution < -0.4 is 4.74 Å². The van der Waals surface area contributed by atoms with Crippen molar-refractivity contribution in [2.24, 2.45) is 0 Å². The lowest BCUT2D eigenvalue weighted by Gasteiger charge is -2.28. The second kappa shape index (κ2) is 6.56.